The number of nitrogens with zero attached hydrogens (tertiary/aromatic N) is 3. The smallest absolute Gasteiger partial charge is 0.0991 e. The van der Waals surface area contributed by atoms with Gasteiger partial charge >= 0.3 is 0 Å². The second-order valence-electron chi connectivity index (χ2n) is 4.49. The number of para-hydroxylation sites is 1. The Kier molecular flexibility index (Phi) is 2.12. The molecule has 0 bridgehead atoms. The van der Waals surface area contributed by atoms with E-state index in [-0.39, 0.29) is 0 Å². The van der Waals surface area contributed by atoms with Gasteiger partial charge < -0.3 is 4.57 Å². The van der Waals surface area contributed by atoms with E-state index in [9.17, 15) is 0 Å². The summed E-state index contributed by atoms with van der Waals surface area (Å²) in [6.45, 7) is 0. The first-order valence-electron chi connectivity index (χ1n) is 6.19. The van der Waals surface area contributed by atoms with E-state index in [0.29, 0.717) is 0 Å². The number of rotatable bonds is 1. The molecule has 0 unspecified atom stereocenters. The minimum Gasteiger partial charge on any atom is -0.306 e. The molecular formula is C16H11N3. The molecule has 0 aliphatic rings. The number of fused-ring (bicyclic) bond motifs is 2. The quantitative estimate of drug-likeness (QED) is 0.480. The molecule has 2 aromatic heterocycles. The highest BCUT2D eigenvalue weighted by Gasteiger charge is 2.05. The van der Waals surface area contributed by atoms with Crippen LogP contribution in [0.1, 0.15) is 0 Å². The van der Waals surface area contributed by atoms with Crippen LogP contribution >= 0.6 is 0 Å². The van der Waals surface area contributed by atoms with Crippen molar-refractivity contribution in [1.29, 1.82) is 0 Å². The molecule has 0 saturated heterocycles. The van der Waals surface area contributed by atoms with Crippen molar-refractivity contribution < 1.29 is 0 Å². The number of aromatic nitrogens is 3. The fourth-order valence-electron chi connectivity index (χ4n) is 2.41. The average molecular weight is 245 g/mol. The summed E-state index contributed by atoms with van der Waals surface area (Å²) in [6, 6.07) is 16.5. The topological polar surface area (TPSA) is 30.7 Å². The maximum absolute atomic E-state index is 4.71. The van der Waals surface area contributed by atoms with Crippen LogP contribution < -0.4 is 0 Å². The largest absolute Gasteiger partial charge is 0.306 e. The number of hydrogen-bond donors (Lipinski definition) is 0. The van der Waals surface area contributed by atoms with Crippen LogP contribution in [-0.4, -0.2) is 14.5 Å². The van der Waals surface area contributed by atoms with Gasteiger partial charge in [0.1, 0.15) is 0 Å². The Morgan fingerprint density at radius 1 is 0.895 bits per heavy atom. The summed E-state index contributed by atoms with van der Waals surface area (Å²) in [4.78, 5) is 8.82. The Hall–Kier alpha value is -2.68. The Bertz CT molecular complexity index is 864. The van der Waals surface area contributed by atoms with Gasteiger partial charge in [-0.05, 0) is 24.3 Å². The van der Waals surface area contributed by atoms with Gasteiger partial charge in [-0.2, -0.15) is 0 Å². The lowest BCUT2D eigenvalue weighted by molar-refractivity contribution is 1.07. The van der Waals surface area contributed by atoms with Gasteiger partial charge in [0.15, 0.2) is 0 Å². The summed E-state index contributed by atoms with van der Waals surface area (Å²) in [7, 11) is 0. The second kappa shape index (κ2) is 3.92. The van der Waals surface area contributed by atoms with Crippen molar-refractivity contribution in [3.63, 3.8) is 0 Å². The van der Waals surface area contributed by atoms with Gasteiger partial charge in [0, 0.05) is 23.2 Å². The van der Waals surface area contributed by atoms with E-state index >= 15 is 0 Å². The molecule has 0 saturated carbocycles. The van der Waals surface area contributed by atoms with Gasteiger partial charge in [-0.1, -0.05) is 24.3 Å². The van der Waals surface area contributed by atoms with E-state index in [0.717, 1.165) is 27.5 Å². The van der Waals surface area contributed by atoms with Crippen molar-refractivity contribution in [3.05, 3.63) is 67.3 Å². The van der Waals surface area contributed by atoms with Gasteiger partial charge in [-0.3, -0.25) is 0 Å². The van der Waals surface area contributed by atoms with Crippen LogP contribution in [0.3, 0.4) is 0 Å². The van der Waals surface area contributed by atoms with Crippen molar-refractivity contribution >= 4 is 21.8 Å². The zero-order valence-corrected chi connectivity index (χ0v) is 10.2. The molecule has 3 nitrogen and oxygen atoms in total. The molecule has 0 aliphatic carbocycles. The molecule has 0 spiro atoms. The SMILES string of the molecule is c1ccc2nc3cccc(-n4ccnc4)c3cc2c1. The lowest BCUT2D eigenvalue weighted by Crippen LogP contribution is -1.93. The standard InChI is InChI=1S/C16H11N3/c1-2-5-14-12(4-1)10-13-15(18-14)6-3-7-16(13)19-9-8-17-11-19/h1-11H. The lowest BCUT2D eigenvalue weighted by Gasteiger charge is -2.08. The van der Waals surface area contributed by atoms with Crippen LogP contribution in [0.25, 0.3) is 27.5 Å². The van der Waals surface area contributed by atoms with E-state index < -0.39 is 0 Å². The fourth-order valence-corrected chi connectivity index (χ4v) is 2.41. The summed E-state index contributed by atoms with van der Waals surface area (Å²) in [5, 5.41) is 2.29. The van der Waals surface area contributed by atoms with Crippen LogP contribution in [0.5, 0.6) is 0 Å². The van der Waals surface area contributed by atoms with Crippen molar-refractivity contribution in [2.75, 3.05) is 0 Å². The third-order valence-electron chi connectivity index (χ3n) is 3.32. The van der Waals surface area contributed by atoms with E-state index in [1.54, 1.807) is 6.20 Å². The molecule has 0 aliphatic heterocycles. The molecule has 3 heteroatoms. The number of hydrogen-bond acceptors (Lipinski definition) is 2. The van der Waals surface area contributed by atoms with Crippen molar-refractivity contribution in [1.82, 2.24) is 14.5 Å². The Morgan fingerprint density at radius 3 is 2.68 bits per heavy atom. The monoisotopic (exact) mass is 245 g/mol. The van der Waals surface area contributed by atoms with Gasteiger partial charge in [-0.25, -0.2) is 9.97 Å². The summed E-state index contributed by atoms with van der Waals surface area (Å²) >= 11 is 0. The Labute approximate surface area is 110 Å². The second-order valence-corrected chi connectivity index (χ2v) is 4.49. The summed E-state index contributed by atoms with van der Waals surface area (Å²) in [5.41, 5.74) is 3.14. The zero-order valence-electron chi connectivity index (χ0n) is 10.2. The van der Waals surface area contributed by atoms with Gasteiger partial charge in [0.2, 0.25) is 0 Å². The lowest BCUT2D eigenvalue weighted by atomic mass is 10.1. The number of benzene rings is 2. The highest BCUT2D eigenvalue weighted by atomic mass is 15.0. The minimum absolute atomic E-state index is 1.00. The van der Waals surface area contributed by atoms with E-state index in [1.807, 2.05) is 47.4 Å². The van der Waals surface area contributed by atoms with Crippen molar-refractivity contribution in [2.45, 2.75) is 0 Å². The molecule has 0 N–H and O–H groups in total. The molecule has 19 heavy (non-hydrogen) atoms. The molecule has 0 fully saturated rings. The van der Waals surface area contributed by atoms with Crippen LogP contribution in [-0.2, 0) is 0 Å². The first-order valence-corrected chi connectivity index (χ1v) is 6.19. The minimum atomic E-state index is 1.00. The molecular weight excluding hydrogens is 234 g/mol. The zero-order chi connectivity index (χ0) is 12.7. The number of imidazole rings is 1. The van der Waals surface area contributed by atoms with Crippen LogP contribution in [0.15, 0.2) is 67.3 Å². The van der Waals surface area contributed by atoms with Crippen molar-refractivity contribution in [3.8, 4) is 5.69 Å². The Morgan fingerprint density at radius 2 is 1.79 bits per heavy atom. The van der Waals surface area contributed by atoms with E-state index in [1.165, 1.54) is 0 Å². The normalized spacial score (nSPS) is 11.2. The first kappa shape index (κ1) is 10.3. The van der Waals surface area contributed by atoms with Crippen LogP contribution in [0.4, 0.5) is 0 Å². The van der Waals surface area contributed by atoms with Crippen LogP contribution in [0, 0.1) is 0 Å². The maximum atomic E-state index is 4.71. The van der Waals surface area contributed by atoms with Gasteiger partial charge in [0.25, 0.3) is 0 Å². The maximum Gasteiger partial charge on any atom is 0.0991 e. The molecule has 0 atom stereocenters. The molecule has 2 heterocycles. The molecule has 2 aromatic carbocycles. The summed E-state index contributed by atoms with van der Waals surface area (Å²) in [5.74, 6) is 0. The van der Waals surface area contributed by atoms with Crippen LogP contribution in [0.2, 0.25) is 0 Å². The molecule has 4 aromatic rings. The fraction of sp³-hybridized carbons (Fsp3) is 0. The predicted octanol–water partition coefficient (Wildman–Crippen LogP) is 3.57. The molecule has 0 amide bonds. The summed E-state index contributed by atoms with van der Waals surface area (Å²) < 4.78 is 2.01. The Balaban J connectivity index is 2.12. The highest BCUT2D eigenvalue weighted by Crippen LogP contribution is 2.24. The van der Waals surface area contributed by atoms with Gasteiger partial charge in [-0.15, -0.1) is 0 Å². The molecule has 90 valence electrons. The van der Waals surface area contributed by atoms with Gasteiger partial charge in [0.05, 0.1) is 23.0 Å². The predicted molar refractivity (Wildman–Crippen MR) is 76.4 cm³/mol. The van der Waals surface area contributed by atoms with E-state index in [2.05, 4.69) is 23.2 Å². The average Bonchev–Trinajstić information content (AvgIpc) is 2.98. The van der Waals surface area contributed by atoms with E-state index in [4.69, 9.17) is 4.98 Å². The summed E-state index contributed by atoms with van der Waals surface area (Å²) in [6.07, 6.45) is 5.54. The third-order valence-corrected chi connectivity index (χ3v) is 3.32. The molecule has 0 radical (unpaired) electrons. The first-order chi connectivity index (χ1) is 9.42. The highest BCUT2D eigenvalue weighted by molar-refractivity contribution is 5.96. The number of pyridine rings is 1. The van der Waals surface area contributed by atoms with Crippen molar-refractivity contribution in [2.24, 2.45) is 0 Å². The molecule has 4 rings (SSSR count). The third kappa shape index (κ3) is 1.59.